The lowest BCUT2D eigenvalue weighted by Crippen LogP contribution is -2.52. The molecule has 3 atom stereocenters. The second kappa shape index (κ2) is 7.60. The third kappa shape index (κ3) is 3.24. The molecule has 3 unspecified atom stereocenters. The van der Waals surface area contributed by atoms with Gasteiger partial charge in [0.15, 0.2) is 0 Å². The summed E-state index contributed by atoms with van der Waals surface area (Å²) in [7, 11) is 1.59. The molecule has 0 aromatic heterocycles. The lowest BCUT2D eigenvalue weighted by atomic mass is 9.79. The van der Waals surface area contributed by atoms with Crippen molar-refractivity contribution in [3.8, 4) is 5.75 Å². The Kier molecular flexibility index (Phi) is 5.24. The maximum Gasteiger partial charge on any atom is 0.250 e. The maximum atomic E-state index is 13.4. The van der Waals surface area contributed by atoms with Crippen LogP contribution in [0.15, 0.2) is 36.4 Å². The third-order valence-electron chi connectivity index (χ3n) is 6.23. The van der Waals surface area contributed by atoms with Gasteiger partial charge in [0.25, 0.3) is 0 Å². The van der Waals surface area contributed by atoms with Crippen molar-refractivity contribution in [2.75, 3.05) is 17.7 Å². The minimum atomic E-state index is -1.14. The van der Waals surface area contributed by atoms with Gasteiger partial charge in [0.2, 0.25) is 11.8 Å². The molecule has 0 radical (unpaired) electrons. The van der Waals surface area contributed by atoms with E-state index >= 15 is 0 Å². The number of hydrogen-bond acceptors (Lipinski definition) is 4. The number of hydrogen-bond donors (Lipinski definition) is 3. The van der Waals surface area contributed by atoms with E-state index in [2.05, 4.69) is 29.8 Å². The van der Waals surface area contributed by atoms with Crippen LogP contribution in [0, 0.1) is 18.8 Å². The Morgan fingerprint density at radius 1 is 1.27 bits per heavy atom. The molecule has 2 aromatic carbocycles. The summed E-state index contributed by atoms with van der Waals surface area (Å²) in [6.07, 6.45) is 0.554. The number of amides is 2. The van der Waals surface area contributed by atoms with Crippen LogP contribution in [0.4, 0.5) is 11.4 Å². The summed E-state index contributed by atoms with van der Waals surface area (Å²) in [5.41, 5.74) is 1.88. The topological polar surface area (TPSA) is 79.5 Å². The number of carbonyl (C=O) groups is 2. The monoisotopic (exact) mass is 427 g/mol. The number of ether oxygens (including phenoxy) is 1. The molecule has 1 fully saturated rings. The molecule has 2 aliphatic heterocycles. The number of rotatable bonds is 4. The predicted octanol–water partition coefficient (Wildman–Crippen LogP) is 4.08. The predicted molar refractivity (Wildman–Crippen MR) is 118 cm³/mol. The molecule has 2 amide bonds. The number of fused-ring (bicyclic) bond motifs is 2. The summed E-state index contributed by atoms with van der Waals surface area (Å²) in [6.45, 7) is 6.09. The van der Waals surface area contributed by atoms with Crippen LogP contribution in [-0.2, 0) is 15.1 Å². The number of aryl methyl sites for hydroxylation is 1. The fourth-order valence-corrected chi connectivity index (χ4v) is 4.85. The van der Waals surface area contributed by atoms with Gasteiger partial charge in [-0.1, -0.05) is 25.4 Å². The molecular weight excluding hydrogens is 402 g/mol. The molecule has 0 aliphatic carbocycles. The third-order valence-corrected chi connectivity index (χ3v) is 6.44. The molecule has 7 heteroatoms. The minimum Gasteiger partial charge on any atom is -0.497 e. The van der Waals surface area contributed by atoms with Gasteiger partial charge < -0.3 is 15.4 Å². The van der Waals surface area contributed by atoms with Crippen molar-refractivity contribution in [3.63, 3.8) is 0 Å². The number of benzene rings is 2. The smallest absolute Gasteiger partial charge is 0.250 e. The van der Waals surface area contributed by atoms with Crippen molar-refractivity contribution >= 4 is 34.8 Å². The Morgan fingerprint density at radius 2 is 1.97 bits per heavy atom. The molecule has 2 aromatic rings. The van der Waals surface area contributed by atoms with Crippen molar-refractivity contribution in [1.82, 2.24) is 5.32 Å². The summed E-state index contributed by atoms with van der Waals surface area (Å²) in [6, 6.07) is 10.8. The highest BCUT2D eigenvalue weighted by Crippen LogP contribution is 2.50. The highest BCUT2D eigenvalue weighted by atomic mass is 35.5. The normalized spacial score (nSPS) is 24.8. The Hall–Kier alpha value is -2.57. The van der Waals surface area contributed by atoms with Crippen LogP contribution in [0.25, 0.3) is 0 Å². The van der Waals surface area contributed by atoms with Gasteiger partial charge in [0, 0.05) is 28.0 Å². The van der Waals surface area contributed by atoms with Crippen molar-refractivity contribution in [3.05, 3.63) is 52.5 Å². The van der Waals surface area contributed by atoms with Crippen molar-refractivity contribution in [2.45, 2.75) is 38.8 Å². The SMILES string of the molecule is COc1ccc(NC(=O)C2CC(C(C)C)NC23C(=O)Nc2c(C)cc(Cl)cc23)cc1. The second-order valence-electron chi connectivity index (χ2n) is 8.41. The molecule has 3 N–H and O–H groups in total. The Labute approximate surface area is 181 Å². The Bertz CT molecular complexity index is 1010. The molecule has 158 valence electrons. The van der Waals surface area contributed by atoms with Crippen molar-refractivity contribution in [2.24, 2.45) is 11.8 Å². The zero-order chi connectivity index (χ0) is 21.6. The van der Waals surface area contributed by atoms with Gasteiger partial charge in [-0.15, -0.1) is 0 Å². The second-order valence-corrected chi connectivity index (χ2v) is 8.84. The van der Waals surface area contributed by atoms with E-state index in [1.807, 2.05) is 13.0 Å². The average Bonchev–Trinajstić information content (AvgIpc) is 3.24. The lowest BCUT2D eigenvalue weighted by Gasteiger charge is -2.30. The highest BCUT2D eigenvalue weighted by molar-refractivity contribution is 6.31. The van der Waals surface area contributed by atoms with Crippen LogP contribution in [0.3, 0.4) is 0 Å². The van der Waals surface area contributed by atoms with Gasteiger partial charge in [-0.05, 0) is 61.2 Å². The first-order valence-electron chi connectivity index (χ1n) is 10.1. The van der Waals surface area contributed by atoms with Crippen LogP contribution < -0.4 is 20.7 Å². The van der Waals surface area contributed by atoms with Gasteiger partial charge in [-0.3, -0.25) is 14.9 Å². The van der Waals surface area contributed by atoms with Crippen LogP contribution in [-0.4, -0.2) is 25.0 Å². The molecule has 0 bridgehead atoms. The number of halogens is 1. The highest BCUT2D eigenvalue weighted by Gasteiger charge is 2.60. The number of methoxy groups -OCH3 is 1. The van der Waals surface area contributed by atoms with Crippen LogP contribution in [0.1, 0.15) is 31.4 Å². The summed E-state index contributed by atoms with van der Waals surface area (Å²) in [5, 5.41) is 10.0. The quantitative estimate of drug-likeness (QED) is 0.687. The molecule has 2 aliphatic rings. The first-order chi connectivity index (χ1) is 14.3. The summed E-state index contributed by atoms with van der Waals surface area (Å²) < 4.78 is 5.18. The molecule has 6 nitrogen and oxygen atoms in total. The minimum absolute atomic E-state index is 0.0209. The first-order valence-corrected chi connectivity index (χ1v) is 10.5. The molecule has 30 heavy (non-hydrogen) atoms. The fourth-order valence-electron chi connectivity index (χ4n) is 4.57. The van der Waals surface area contributed by atoms with Crippen molar-refractivity contribution in [1.29, 1.82) is 0 Å². The summed E-state index contributed by atoms with van der Waals surface area (Å²) in [4.78, 5) is 26.8. The molecule has 1 spiro atoms. The molecule has 2 heterocycles. The number of nitrogens with one attached hydrogen (secondary N) is 3. The van der Waals surface area contributed by atoms with E-state index in [1.54, 1.807) is 37.4 Å². The largest absolute Gasteiger partial charge is 0.497 e. The average molecular weight is 428 g/mol. The standard InChI is InChI=1S/C23H26ClN3O3/c1-12(2)19-11-18(21(28)25-15-5-7-16(30-4)8-6-15)23(27-19)17-10-14(24)9-13(3)20(17)26-22(23)29/h5-10,12,18-19,27H,11H2,1-4H3,(H,25,28)(H,26,29). The molecule has 0 saturated carbocycles. The Morgan fingerprint density at radius 3 is 2.60 bits per heavy atom. The van der Waals surface area contributed by atoms with E-state index in [0.717, 1.165) is 16.8 Å². The zero-order valence-electron chi connectivity index (χ0n) is 17.5. The maximum absolute atomic E-state index is 13.4. The van der Waals surface area contributed by atoms with E-state index in [4.69, 9.17) is 16.3 Å². The van der Waals surface area contributed by atoms with Crippen LogP contribution in [0.2, 0.25) is 5.02 Å². The zero-order valence-corrected chi connectivity index (χ0v) is 18.3. The van der Waals surface area contributed by atoms with Gasteiger partial charge in [0.05, 0.1) is 13.0 Å². The van der Waals surface area contributed by atoms with E-state index in [9.17, 15) is 9.59 Å². The fraction of sp³-hybridized carbons (Fsp3) is 0.391. The van der Waals surface area contributed by atoms with E-state index in [0.29, 0.717) is 22.9 Å². The van der Waals surface area contributed by atoms with Crippen LogP contribution >= 0.6 is 11.6 Å². The first kappa shape index (κ1) is 20.7. The number of carbonyl (C=O) groups excluding carboxylic acids is 2. The molecular formula is C23H26ClN3O3. The van der Waals surface area contributed by atoms with E-state index in [-0.39, 0.29) is 23.8 Å². The van der Waals surface area contributed by atoms with Gasteiger partial charge in [-0.2, -0.15) is 0 Å². The van der Waals surface area contributed by atoms with Gasteiger partial charge in [0.1, 0.15) is 11.3 Å². The summed E-state index contributed by atoms with van der Waals surface area (Å²) in [5.74, 6) is -0.0117. The van der Waals surface area contributed by atoms with E-state index < -0.39 is 11.5 Å². The molecule has 4 rings (SSSR count). The van der Waals surface area contributed by atoms with Gasteiger partial charge >= 0.3 is 0 Å². The lowest BCUT2D eigenvalue weighted by molar-refractivity contribution is -0.130. The van der Waals surface area contributed by atoms with Crippen molar-refractivity contribution < 1.29 is 14.3 Å². The van der Waals surface area contributed by atoms with E-state index in [1.165, 1.54) is 0 Å². The molecule has 1 saturated heterocycles. The van der Waals surface area contributed by atoms with Crippen LogP contribution in [0.5, 0.6) is 5.75 Å². The Balaban J connectivity index is 1.74. The summed E-state index contributed by atoms with van der Waals surface area (Å²) >= 11 is 6.34. The van der Waals surface area contributed by atoms with Gasteiger partial charge in [-0.25, -0.2) is 0 Å². The number of anilines is 2.